The highest BCUT2D eigenvalue weighted by Crippen LogP contribution is 2.29. The largest absolute Gasteiger partial charge is 0.496 e. The molecule has 5 heteroatoms. The van der Waals surface area contributed by atoms with Gasteiger partial charge in [-0.2, -0.15) is 5.10 Å². The van der Waals surface area contributed by atoms with E-state index in [0.29, 0.717) is 22.3 Å². The van der Waals surface area contributed by atoms with Gasteiger partial charge in [0, 0.05) is 0 Å². The third kappa shape index (κ3) is 1.41. The molecule has 1 aromatic carbocycles. The molecule has 0 spiro atoms. The molecular formula is C10H10N2O3. The summed E-state index contributed by atoms with van der Waals surface area (Å²) in [6.07, 6.45) is 1.54. The molecule has 0 bridgehead atoms. The minimum atomic E-state index is -0.289. The second-order valence-corrected chi connectivity index (χ2v) is 2.96. The van der Waals surface area contributed by atoms with Crippen LogP contribution < -0.4 is 15.0 Å². The molecule has 0 saturated carbocycles. The summed E-state index contributed by atoms with van der Waals surface area (Å²) in [5.41, 5.74) is -0.289. The van der Waals surface area contributed by atoms with Gasteiger partial charge in [-0.1, -0.05) is 0 Å². The number of methoxy groups -OCH3 is 2. The summed E-state index contributed by atoms with van der Waals surface area (Å²) in [5.74, 6) is 1.11. The summed E-state index contributed by atoms with van der Waals surface area (Å²) in [5, 5.41) is 7.17. The van der Waals surface area contributed by atoms with Crippen LogP contribution in [0.15, 0.2) is 23.1 Å². The van der Waals surface area contributed by atoms with Gasteiger partial charge in [0.2, 0.25) is 0 Å². The van der Waals surface area contributed by atoms with E-state index in [1.165, 1.54) is 13.3 Å². The number of H-pyrrole nitrogens is 1. The predicted molar refractivity (Wildman–Crippen MR) is 55.5 cm³/mol. The fourth-order valence-corrected chi connectivity index (χ4v) is 1.50. The van der Waals surface area contributed by atoms with Crippen LogP contribution in [0.25, 0.3) is 10.8 Å². The Labute approximate surface area is 85.6 Å². The first-order chi connectivity index (χ1) is 7.27. The van der Waals surface area contributed by atoms with Crippen molar-refractivity contribution >= 4 is 10.8 Å². The Morgan fingerprint density at radius 3 is 2.53 bits per heavy atom. The summed E-state index contributed by atoms with van der Waals surface area (Å²) < 4.78 is 10.2. The molecule has 0 radical (unpaired) electrons. The van der Waals surface area contributed by atoms with Gasteiger partial charge in [0.05, 0.1) is 31.2 Å². The molecule has 2 aromatic rings. The lowest BCUT2D eigenvalue weighted by Crippen LogP contribution is -2.09. The molecule has 0 unspecified atom stereocenters. The molecule has 0 aliphatic carbocycles. The minimum Gasteiger partial charge on any atom is -0.496 e. The van der Waals surface area contributed by atoms with Gasteiger partial charge >= 0.3 is 0 Å². The predicted octanol–water partition coefficient (Wildman–Crippen LogP) is 0.940. The SMILES string of the molecule is COc1ccc(OC)c2c(=O)[nH]ncc12. The van der Waals surface area contributed by atoms with Crippen LogP contribution in [0.4, 0.5) is 0 Å². The fraction of sp³-hybridized carbons (Fsp3) is 0.200. The maximum Gasteiger partial charge on any atom is 0.275 e. The normalized spacial score (nSPS) is 10.3. The van der Waals surface area contributed by atoms with Crippen molar-refractivity contribution in [2.24, 2.45) is 0 Å². The van der Waals surface area contributed by atoms with E-state index in [4.69, 9.17) is 9.47 Å². The van der Waals surface area contributed by atoms with Crippen molar-refractivity contribution in [2.45, 2.75) is 0 Å². The first-order valence-electron chi connectivity index (χ1n) is 4.36. The van der Waals surface area contributed by atoms with Crippen LogP contribution in [-0.4, -0.2) is 24.4 Å². The van der Waals surface area contributed by atoms with Crippen molar-refractivity contribution < 1.29 is 9.47 Å². The smallest absolute Gasteiger partial charge is 0.275 e. The van der Waals surface area contributed by atoms with Crippen LogP contribution in [0.3, 0.4) is 0 Å². The average Bonchev–Trinajstić information content (AvgIpc) is 2.28. The van der Waals surface area contributed by atoms with E-state index in [0.717, 1.165) is 0 Å². The molecule has 1 aromatic heterocycles. The van der Waals surface area contributed by atoms with Crippen molar-refractivity contribution in [3.05, 3.63) is 28.7 Å². The molecule has 1 heterocycles. The third-order valence-electron chi connectivity index (χ3n) is 2.19. The summed E-state index contributed by atoms with van der Waals surface area (Å²) in [4.78, 5) is 11.6. The number of hydrogen-bond acceptors (Lipinski definition) is 4. The van der Waals surface area contributed by atoms with Crippen LogP contribution in [0.1, 0.15) is 0 Å². The number of hydrogen-bond donors (Lipinski definition) is 1. The van der Waals surface area contributed by atoms with E-state index in [9.17, 15) is 4.79 Å². The second-order valence-electron chi connectivity index (χ2n) is 2.96. The second kappa shape index (κ2) is 3.61. The molecule has 0 saturated heterocycles. The number of aromatic nitrogens is 2. The standard InChI is InChI=1S/C10H10N2O3/c1-14-7-3-4-8(15-2)9-6(7)5-11-12-10(9)13/h3-5H,1-2H3,(H,12,13). The van der Waals surface area contributed by atoms with Crippen LogP contribution in [0.5, 0.6) is 11.5 Å². The highest BCUT2D eigenvalue weighted by molar-refractivity contribution is 5.91. The van der Waals surface area contributed by atoms with Crippen LogP contribution >= 0.6 is 0 Å². The molecule has 0 fully saturated rings. The first-order valence-corrected chi connectivity index (χ1v) is 4.36. The average molecular weight is 206 g/mol. The van der Waals surface area contributed by atoms with Crippen molar-refractivity contribution in [1.82, 2.24) is 10.2 Å². The van der Waals surface area contributed by atoms with Crippen LogP contribution in [0.2, 0.25) is 0 Å². The molecule has 78 valence electrons. The van der Waals surface area contributed by atoms with Gasteiger partial charge in [-0.3, -0.25) is 4.79 Å². The van der Waals surface area contributed by atoms with E-state index in [1.54, 1.807) is 19.2 Å². The lowest BCUT2D eigenvalue weighted by molar-refractivity contribution is 0.410. The Morgan fingerprint density at radius 2 is 1.87 bits per heavy atom. The maximum atomic E-state index is 11.6. The molecule has 0 aliphatic rings. The van der Waals surface area contributed by atoms with Gasteiger partial charge in [0.15, 0.2) is 0 Å². The highest BCUT2D eigenvalue weighted by atomic mass is 16.5. The third-order valence-corrected chi connectivity index (χ3v) is 2.19. The Bertz CT molecular complexity index is 548. The lowest BCUT2D eigenvalue weighted by atomic mass is 10.1. The Hall–Kier alpha value is -2.04. The van der Waals surface area contributed by atoms with E-state index in [-0.39, 0.29) is 5.56 Å². The number of nitrogens with zero attached hydrogens (tertiary/aromatic N) is 1. The van der Waals surface area contributed by atoms with Crippen LogP contribution in [-0.2, 0) is 0 Å². The summed E-state index contributed by atoms with van der Waals surface area (Å²) in [7, 11) is 3.06. The number of rotatable bonds is 2. The summed E-state index contributed by atoms with van der Waals surface area (Å²) in [6.45, 7) is 0. The number of aromatic amines is 1. The summed E-state index contributed by atoms with van der Waals surface area (Å²) >= 11 is 0. The molecular weight excluding hydrogens is 196 g/mol. The maximum absolute atomic E-state index is 11.6. The number of fused-ring (bicyclic) bond motifs is 1. The van der Waals surface area contributed by atoms with Crippen LogP contribution in [0, 0.1) is 0 Å². The zero-order valence-corrected chi connectivity index (χ0v) is 8.40. The monoisotopic (exact) mass is 206 g/mol. The first kappa shape index (κ1) is 9.51. The van der Waals surface area contributed by atoms with E-state index in [1.807, 2.05) is 0 Å². The van der Waals surface area contributed by atoms with Gasteiger partial charge < -0.3 is 9.47 Å². The van der Waals surface area contributed by atoms with Gasteiger partial charge in [-0.05, 0) is 12.1 Å². The van der Waals surface area contributed by atoms with Gasteiger partial charge in [0.1, 0.15) is 11.5 Å². The van der Waals surface area contributed by atoms with Crippen molar-refractivity contribution in [1.29, 1.82) is 0 Å². The Kier molecular flexibility index (Phi) is 2.29. The molecule has 5 nitrogen and oxygen atoms in total. The molecule has 0 atom stereocenters. The molecule has 2 rings (SSSR count). The van der Waals surface area contributed by atoms with Crippen molar-refractivity contribution in [2.75, 3.05) is 14.2 Å². The van der Waals surface area contributed by atoms with E-state index >= 15 is 0 Å². The highest BCUT2D eigenvalue weighted by Gasteiger charge is 2.10. The quantitative estimate of drug-likeness (QED) is 0.794. The molecule has 0 amide bonds. The topological polar surface area (TPSA) is 64.2 Å². The zero-order chi connectivity index (χ0) is 10.8. The molecule has 1 N–H and O–H groups in total. The van der Waals surface area contributed by atoms with Gasteiger partial charge in [0.25, 0.3) is 5.56 Å². The number of benzene rings is 1. The lowest BCUT2D eigenvalue weighted by Gasteiger charge is -2.07. The zero-order valence-electron chi connectivity index (χ0n) is 8.40. The van der Waals surface area contributed by atoms with Crippen molar-refractivity contribution in [3.8, 4) is 11.5 Å². The van der Waals surface area contributed by atoms with E-state index in [2.05, 4.69) is 10.2 Å². The minimum absolute atomic E-state index is 0.289. The number of ether oxygens (including phenoxy) is 2. The molecule has 0 aliphatic heterocycles. The van der Waals surface area contributed by atoms with E-state index < -0.39 is 0 Å². The van der Waals surface area contributed by atoms with Gasteiger partial charge in [-0.15, -0.1) is 0 Å². The molecule has 15 heavy (non-hydrogen) atoms. The summed E-state index contributed by atoms with van der Waals surface area (Å²) in [6, 6.07) is 3.43. The van der Waals surface area contributed by atoms with Gasteiger partial charge in [-0.25, -0.2) is 5.10 Å². The Balaban J connectivity index is 2.93. The Morgan fingerprint density at radius 1 is 1.20 bits per heavy atom. The fourth-order valence-electron chi connectivity index (χ4n) is 1.50. The van der Waals surface area contributed by atoms with Crippen molar-refractivity contribution in [3.63, 3.8) is 0 Å². The number of nitrogens with one attached hydrogen (secondary N) is 1.